The van der Waals surface area contributed by atoms with E-state index in [0.29, 0.717) is 13.0 Å². The maximum Gasteiger partial charge on any atom is 0.251 e. The van der Waals surface area contributed by atoms with Gasteiger partial charge in [0.15, 0.2) is 14.6 Å². The summed E-state index contributed by atoms with van der Waals surface area (Å²) >= 11 is 0. The van der Waals surface area contributed by atoms with E-state index in [1.54, 1.807) is 18.6 Å². The molecule has 1 fully saturated rings. The molecular formula is C36H72N3O8P. The molecule has 0 aromatic carbocycles. The maximum atomic E-state index is 12.6. The number of imide groups is 1. The second-order valence-corrected chi connectivity index (χ2v) is 12.7. The van der Waals surface area contributed by atoms with Gasteiger partial charge in [-0.25, -0.2) is 0 Å². The number of ether oxygens (including phenoxy) is 3. The molecule has 1 heterocycles. The van der Waals surface area contributed by atoms with E-state index < -0.39 is 38.8 Å². The Bertz CT molecular complexity index is 790. The molecule has 0 radical (unpaired) electrons. The first-order valence-electron chi connectivity index (χ1n) is 18.6. The van der Waals surface area contributed by atoms with Gasteiger partial charge in [0, 0.05) is 39.6 Å². The molecule has 5 unspecified atom stereocenters. The van der Waals surface area contributed by atoms with Crippen LogP contribution in [0.1, 0.15) is 137 Å². The molecule has 0 aliphatic carbocycles. The summed E-state index contributed by atoms with van der Waals surface area (Å²) in [5, 5.41) is 4.95. The van der Waals surface area contributed by atoms with Gasteiger partial charge in [-0.15, -0.1) is 0 Å². The first-order valence-corrected chi connectivity index (χ1v) is 20.3. The molecule has 1 saturated heterocycles. The van der Waals surface area contributed by atoms with Crippen LogP contribution in [0.4, 0.5) is 0 Å². The molecule has 0 spiro atoms. The first kappa shape index (κ1) is 48.5. The minimum atomic E-state index is -1.75. The topological polar surface area (TPSA) is 136 Å². The molecule has 0 bridgehead atoms. The van der Waals surface area contributed by atoms with Crippen molar-refractivity contribution in [3.05, 3.63) is 12.3 Å². The molecule has 1 aliphatic heterocycles. The summed E-state index contributed by atoms with van der Waals surface area (Å²) < 4.78 is 23.1. The molecule has 3 N–H and O–H groups in total. The van der Waals surface area contributed by atoms with Crippen LogP contribution < -0.4 is 10.6 Å². The van der Waals surface area contributed by atoms with Crippen LogP contribution in [0.3, 0.4) is 0 Å². The van der Waals surface area contributed by atoms with Crippen LogP contribution in [0.15, 0.2) is 12.3 Å². The molecule has 284 valence electrons. The van der Waals surface area contributed by atoms with Gasteiger partial charge in [-0.2, -0.15) is 0 Å². The summed E-state index contributed by atoms with van der Waals surface area (Å²) in [4.78, 5) is 46.3. The van der Waals surface area contributed by atoms with E-state index in [1.807, 2.05) is 33.0 Å². The molecule has 12 heteroatoms. The van der Waals surface area contributed by atoms with E-state index >= 15 is 0 Å². The lowest BCUT2D eigenvalue weighted by atomic mass is 10.0. The van der Waals surface area contributed by atoms with Crippen molar-refractivity contribution in [2.75, 3.05) is 40.6 Å². The van der Waals surface area contributed by atoms with Crippen LogP contribution >= 0.6 is 8.38 Å². The van der Waals surface area contributed by atoms with E-state index in [9.17, 15) is 19.3 Å². The van der Waals surface area contributed by atoms with E-state index in [-0.39, 0.29) is 19.1 Å². The maximum absolute atomic E-state index is 12.6. The highest BCUT2D eigenvalue weighted by molar-refractivity contribution is 7.45. The molecule has 11 nitrogen and oxygen atoms in total. The van der Waals surface area contributed by atoms with Crippen LogP contribution in [0, 0.1) is 0 Å². The van der Waals surface area contributed by atoms with Crippen LogP contribution in [-0.2, 0) is 33.1 Å². The summed E-state index contributed by atoms with van der Waals surface area (Å²) in [5.41, 5.74) is 0. The second kappa shape index (κ2) is 35.2. The monoisotopic (exact) mass is 706 g/mol. The summed E-state index contributed by atoms with van der Waals surface area (Å²) in [6.07, 6.45) is 21.0. The van der Waals surface area contributed by atoms with E-state index in [4.69, 9.17) is 18.7 Å². The van der Waals surface area contributed by atoms with Crippen molar-refractivity contribution in [2.24, 2.45) is 0 Å². The van der Waals surface area contributed by atoms with E-state index in [0.717, 1.165) is 12.8 Å². The average Bonchev–Trinajstić information content (AvgIpc) is 3.42. The van der Waals surface area contributed by atoms with Gasteiger partial charge in [-0.1, -0.05) is 131 Å². The number of carbonyl (C=O) groups is 3. The van der Waals surface area contributed by atoms with Crippen molar-refractivity contribution >= 4 is 26.6 Å². The standard InChI is InChI=1S/C32H60N3O8P.2C2H6/c1-5-6-7-8-9-10-11-12-13-14-15-16-17-18-19-20-22-33-29(38)25-41-31-30(43-44(4)39)27(24-40-3)42-32(31)35(2)23-21-28(37)34-26-36;2*1-2/h21,23,26-27,30-32,39H,5-20,22,24-25H2,1-4H3,(H,33,38)(H,34,36,37);2*1-2H3/b23-21-;;. The van der Waals surface area contributed by atoms with Crippen LogP contribution in [0.5, 0.6) is 0 Å². The SMILES string of the molecule is CC.CC.CCCCCCCCCCCCCCCCCCNC(=O)COC1C(OP(C)O)C(COC)OC1N(C)/C=C\C(=O)NC=O. The Balaban J connectivity index is 0. The van der Waals surface area contributed by atoms with Crippen molar-refractivity contribution < 1.29 is 38.0 Å². The van der Waals surface area contributed by atoms with Crippen LogP contribution in [0.25, 0.3) is 0 Å². The Hall–Kier alpha value is -1.62. The predicted octanol–water partition coefficient (Wildman–Crippen LogP) is 7.21. The molecule has 1 aliphatic rings. The smallest absolute Gasteiger partial charge is 0.251 e. The molecular weight excluding hydrogens is 633 g/mol. The van der Waals surface area contributed by atoms with Gasteiger partial charge < -0.3 is 33.8 Å². The molecule has 48 heavy (non-hydrogen) atoms. The highest BCUT2D eigenvalue weighted by atomic mass is 31.2. The molecule has 3 amide bonds. The lowest BCUT2D eigenvalue weighted by Gasteiger charge is -2.29. The van der Waals surface area contributed by atoms with Crippen molar-refractivity contribution in [3.8, 4) is 0 Å². The van der Waals surface area contributed by atoms with Crippen LogP contribution in [-0.4, -0.2) is 93.1 Å². The Morgan fingerprint density at radius 2 is 1.35 bits per heavy atom. The summed E-state index contributed by atoms with van der Waals surface area (Å²) in [5.74, 6) is -0.838. The van der Waals surface area contributed by atoms with E-state index in [2.05, 4.69) is 12.2 Å². The number of carbonyl (C=O) groups excluding carboxylic acids is 3. The second-order valence-electron chi connectivity index (χ2n) is 11.6. The molecule has 0 aromatic heterocycles. The molecule has 0 saturated carbocycles. The Morgan fingerprint density at radius 1 is 0.854 bits per heavy atom. The minimum Gasteiger partial charge on any atom is -0.382 e. The molecule has 5 atom stereocenters. The van der Waals surface area contributed by atoms with Crippen molar-refractivity contribution in [2.45, 2.75) is 162 Å². The number of methoxy groups -OCH3 is 1. The number of hydrogen-bond acceptors (Lipinski definition) is 9. The fraction of sp³-hybridized carbons (Fsp3) is 0.861. The van der Waals surface area contributed by atoms with Gasteiger partial charge in [0.05, 0.1) is 6.61 Å². The summed E-state index contributed by atoms with van der Waals surface area (Å²) in [6, 6.07) is 0. The third kappa shape index (κ3) is 25.4. The molecule has 0 aromatic rings. The highest BCUT2D eigenvalue weighted by Gasteiger charge is 2.48. The Morgan fingerprint density at radius 3 is 1.81 bits per heavy atom. The minimum absolute atomic E-state index is 0.179. The first-order chi connectivity index (χ1) is 23.3. The lowest BCUT2D eigenvalue weighted by Crippen LogP contribution is -2.44. The normalized spacial score (nSPS) is 19.1. The van der Waals surface area contributed by atoms with Crippen molar-refractivity contribution in [3.63, 3.8) is 0 Å². The number of likely N-dealkylation sites (N-methyl/N-ethyl adjacent to an activating group) is 1. The number of unbranched alkanes of at least 4 members (excludes halogenated alkanes) is 15. The Labute approximate surface area is 294 Å². The number of nitrogens with one attached hydrogen (secondary N) is 2. The van der Waals surface area contributed by atoms with Crippen molar-refractivity contribution in [1.29, 1.82) is 0 Å². The summed E-state index contributed by atoms with van der Waals surface area (Å²) in [6.45, 7) is 12.4. The van der Waals surface area contributed by atoms with Crippen LogP contribution in [0.2, 0.25) is 0 Å². The fourth-order valence-electron chi connectivity index (χ4n) is 5.32. The quantitative estimate of drug-likeness (QED) is 0.0334. The number of rotatable bonds is 28. The van der Waals surface area contributed by atoms with E-state index in [1.165, 1.54) is 109 Å². The lowest BCUT2D eigenvalue weighted by molar-refractivity contribution is -0.134. The van der Waals surface area contributed by atoms with Gasteiger partial charge >= 0.3 is 0 Å². The summed E-state index contributed by atoms with van der Waals surface area (Å²) in [7, 11) is 1.45. The van der Waals surface area contributed by atoms with Gasteiger partial charge in [-0.05, 0) is 6.42 Å². The van der Waals surface area contributed by atoms with Gasteiger partial charge in [0.25, 0.3) is 5.91 Å². The van der Waals surface area contributed by atoms with Crippen molar-refractivity contribution in [1.82, 2.24) is 15.5 Å². The zero-order valence-corrected chi connectivity index (χ0v) is 32.6. The third-order valence-corrected chi connectivity index (χ3v) is 8.26. The Kier molecular flexibility index (Phi) is 35.6. The largest absolute Gasteiger partial charge is 0.382 e. The zero-order valence-electron chi connectivity index (χ0n) is 31.7. The van der Waals surface area contributed by atoms with Gasteiger partial charge in [-0.3, -0.25) is 19.7 Å². The predicted molar refractivity (Wildman–Crippen MR) is 197 cm³/mol. The number of amides is 3. The fourth-order valence-corrected chi connectivity index (χ4v) is 5.92. The average molecular weight is 706 g/mol. The number of hydrogen-bond donors (Lipinski definition) is 3. The zero-order chi connectivity index (χ0) is 36.4. The third-order valence-electron chi connectivity index (χ3n) is 7.71. The van der Waals surface area contributed by atoms with Gasteiger partial charge in [0.2, 0.25) is 12.3 Å². The van der Waals surface area contributed by atoms with Gasteiger partial charge in [0.1, 0.15) is 24.9 Å². The number of nitrogens with zero attached hydrogens (tertiary/aromatic N) is 1. The molecule has 1 rings (SSSR count). The highest BCUT2D eigenvalue weighted by Crippen LogP contribution is 2.37.